The van der Waals surface area contributed by atoms with Crippen LogP contribution >= 0.6 is 46.3 Å². The molecule has 2 rings (SSSR count). The Bertz CT molecular complexity index is 780. The Labute approximate surface area is 161 Å². The Balaban J connectivity index is 2.31. The van der Waals surface area contributed by atoms with E-state index >= 15 is 0 Å². The van der Waals surface area contributed by atoms with Crippen LogP contribution in [0.3, 0.4) is 0 Å². The van der Waals surface area contributed by atoms with Gasteiger partial charge in [0.25, 0.3) is 0 Å². The van der Waals surface area contributed by atoms with Crippen molar-refractivity contribution in [1.82, 2.24) is 9.97 Å². The average Bonchev–Trinajstić information content (AvgIpc) is 2.95. The van der Waals surface area contributed by atoms with E-state index in [9.17, 15) is 14.9 Å². The van der Waals surface area contributed by atoms with Crippen LogP contribution in [0, 0.1) is 10.1 Å². The minimum absolute atomic E-state index is 0.279. The highest BCUT2D eigenvalue weighted by atomic mass is 35.5. The summed E-state index contributed by atoms with van der Waals surface area (Å²) in [4.78, 5) is 30.6. The van der Waals surface area contributed by atoms with Gasteiger partial charge in [0.05, 0.1) is 14.9 Å². The molecular weight excluding hydrogens is 409 g/mol. The smallest absolute Gasteiger partial charge is 0.389 e. The lowest BCUT2D eigenvalue weighted by molar-refractivity contribution is -0.391. The van der Waals surface area contributed by atoms with E-state index in [0.29, 0.717) is 20.5 Å². The van der Waals surface area contributed by atoms with Crippen LogP contribution in [0.5, 0.6) is 0 Å². The number of nitrogens with zero attached hydrogens (tertiary/aromatic N) is 3. The third-order valence-corrected chi connectivity index (χ3v) is 6.19. The van der Waals surface area contributed by atoms with E-state index in [0.717, 1.165) is 23.1 Å². The van der Waals surface area contributed by atoms with Gasteiger partial charge in [0.2, 0.25) is 5.01 Å². The van der Waals surface area contributed by atoms with E-state index in [2.05, 4.69) is 9.97 Å². The highest BCUT2D eigenvalue weighted by Crippen LogP contribution is 2.45. The van der Waals surface area contributed by atoms with Crippen LogP contribution in [-0.2, 0) is 9.53 Å². The minimum atomic E-state index is -0.680. The fourth-order valence-corrected chi connectivity index (χ4v) is 4.48. The number of aromatic nitrogens is 2. The molecule has 25 heavy (non-hydrogen) atoms. The van der Waals surface area contributed by atoms with E-state index in [4.69, 9.17) is 27.9 Å². The molecule has 0 aliphatic carbocycles. The molecule has 7 nitrogen and oxygen atoms in total. The van der Waals surface area contributed by atoms with Gasteiger partial charge in [-0.25, -0.2) is 0 Å². The van der Waals surface area contributed by atoms with Crippen molar-refractivity contribution < 1.29 is 14.5 Å². The summed E-state index contributed by atoms with van der Waals surface area (Å²) in [6.07, 6.45) is 3.06. The molecule has 0 fully saturated rings. The molecule has 0 saturated heterocycles. The summed E-state index contributed by atoms with van der Waals surface area (Å²) in [5.74, 6) is -0.699. The van der Waals surface area contributed by atoms with Crippen molar-refractivity contribution in [2.45, 2.75) is 41.9 Å². The normalized spacial score (nSPS) is 12.0. The van der Waals surface area contributed by atoms with Crippen molar-refractivity contribution in [1.29, 1.82) is 0 Å². The number of pyridine rings is 1. The van der Waals surface area contributed by atoms with Gasteiger partial charge in [0, 0.05) is 18.8 Å². The quantitative estimate of drug-likeness (QED) is 0.339. The van der Waals surface area contributed by atoms with Gasteiger partial charge in [0.1, 0.15) is 0 Å². The first kappa shape index (κ1) is 19.9. The van der Waals surface area contributed by atoms with Crippen LogP contribution in [-0.4, -0.2) is 20.9 Å². The summed E-state index contributed by atoms with van der Waals surface area (Å²) in [5.41, 5.74) is 0. The Kier molecular flexibility index (Phi) is 7.00. The summed E-state index contributed by atoms with van der Waals surface area (Å²) in [6.45, 7) is 3.48. The summed E-state index contributed by atoms with van der Waals surface area (Å²) >= 11 is 14.2. The maximum Gasteiger partial charge on any atom is 0.389 e. The molecule has 0 aromatic carbocycles. The molecule has 2 aromatic rings. The van der Waals surface area contributed by atoms with Crippen molar-refractivity contribution in [2.24, 2.45) is 0 Å². The van der Waals surface area contributed by atoms with Gasteiger partial charge in [-0.05, 0) is 23.3 Å². The molecule has 0 aliphatic rings. The minimum Gasteiger partial charge on any atom is -0.453 e. The van der Waals surface area contributed by atoms with Gasteiger partial charge in [0.15, 0.2) is 10.3 Å². The molecule has 1 unspecified atom stereocenters. The predicted octanol–water partition coefficient (Wildman–Crippen LogP) is 5.31. The number of rotatable bonds is 7. The van der Waals surface area contributed by atoms with E-state index in [1.165, 1.54) is 12.4 Å². The number of hydrogen-bond donors (Lipinski definition) is 0. The number of halogens is 2. The van der Waals surface area contributed by atoms with Crippen LogP contribution in [0.25, 0.3) is 0 Å². The molecule has 0 amide bonds. The topological polar surface area (TPSA) is 95.2 Å². The highest BCUT2D eigenvalue weighted by Gasteiger charge is 2.29. The Morgan fingerprint density at radius 2 is 2.08 bits per heavy atom. The Morgan fingerprint density at radius 3 is 2.64 bits per heavy atom. The highest BCUT2D eigenvalue weighted by molar-refractivity contribution is 8.01. The van der Waals surface area contributed by atoms with Gasteiger partial charge in [-0.1, -0.05) is 53.2 Å². The summed E-state index contributed by atoms with van der Waals surface area (Å²) in [7, 11) is 0. The van der Waals surface area contributed by atoms with Crippen molar-refractivity contribution in [3.8, 4) is 0 Å². The molecule has 0 N–H and O–H groups in total. The fourth-order valence-electron chi connectivity index (χ4n) is 1.77. The summed E-state index contributed by atoms with van der Waals surface area (Å²) in [6, 6.07) is 0. The number of esters is 1. The Morgan fingerprint density at radius 1 is 1.44 bits per heavy atom. The van der Waals surface area contributed by atoms with Crippen molar-refractivity contribution in [3.05, 3.63) is 37.6 Å². The van der Waals surface area contributed by atoms with E-state index in [-0.39, 0.29) is 28.3 Å². The second-order valence-electron chi connectivity index (χ2n) is 4.84. The first-order valence-electron chi connectivity index (χ1n) is 7.14. The zero-order valence-electron chi connectivity index (χ0n) is 13.2. The predicted molar refractivity (Wildman–Crippen MR) is 96.6 cm³/mol. The third kappa shape index (κ3) is 5.04. The SMILES string of the molecule is CCCC(=O)OC(C)c1nc([N+](=O)[O-])c(Sc2c(Cl)cncc2Cl)s1. The zero-order valence-corrected chi connectivity index (χ0v) is 16.3. The first-order chi connectivity index (χ1) is 11.8. The summed E-state index contributed by atoms with van der Waals surface area (Å²) in [5, 5.41) is 12.2. The van der Waals surface area contributed by atoms with Crippen LogP contribution in [0.4, 0.5) is 5.82 Å². The van der Waals surface area contributed by atoms with Gasteiger partial charge in [-0.15, -0.1) is 0 Å². The summed E-state index contributed by atoms with van der Waals surface area (Å²) < 4.78 is 5.54. The third-order valence-electron chi connectivity index (χ3n) is 2.88. The molecule has 2 heterocycles. The fraction of sp³-hybridized carbons (Fsp3) is 0.357. The number of ether oxygens (including phenoxy) is 1. The number of carbonyl (C=O) groups excluding carboxylic acids is 1. The lowest BCUT2D eigenvalue weighted by atomic mass is 10.3. The largest absolute Gasteiger partial charge is 0.453 e. The lowest BCUT2D eigenvalue weighted by Gasteiger charge is -2.07. The van der Waals surface area contributed by atoms with Gasteiger partial charge >= 0.3 is 11.8 Å². The van der Waals surface area contributed by atoms with Crippen LogP contribution in [0.2, 0.25) is 10.0 Å². The van der Waals surface area contributed by atoms with E-state index < -0.39 is 11.0 Å². The number of thiazole rings is 1. The molecule has 134 valence electrons. The monoisotopic (exact) mass is 421 g/mol. The van der Waals surface area contributed by atoms with Crippen molar-refractivity contribution in [2.75, 3.05) is 0 Å². The van der Waals surface area contributed by atoms with E-state index in [1.54, 1.807) is 6.92 Å². The number of nitro groups is 1. The number of carbonyl (C=O) groups is 1. The maximum absolute atomic E-state index is 11.6. The first-order valence-corrected chi connectivity index (χ1v) is 9.53. The van der Waals surface area contributed by atoms with Gasteiger partial charge in [-0.3, -0.25) is 9.78 Å². The molecule has 0 aliphatic heterocycles. The van der Waals surface area contributed by atoms with Crippen LogP contribution < -0.4 is 0 Å². The molecule has 1 atom stereocenters. The molecule has 0 spiro atoms. The van der Waals surface area contributed by atoms with E-state index in [1.807, 2.05) is 6.92 Å². The lowest BCUT2D eigenvalue weighted by Crippen LogP contribution is -2.08. The Hall–Kier alpha value is -1.42. The van der Waals surface area contributed by atoms with Crippen molar-refractivity contribution >= 4 is 58.1 Å². The van der Waals surface area contributed by atoms with Crippen LogP contribution in [0.15, 0.2) is 21.5 Å². The molecule has 0 bridgehead atoms. The zero-order chi connectivity index (χ0) is 18.6. The van der Waals surface area contributed by atoms with Gasteiger partial charge in [-0.2, -0.15) is 0 Å². The van der Waals surface area contributed by atoms with Crippen LogP contribution in [0.1, 0.15) is 37.8 Å². The molecular formula is C14H13Cl2N3O4S2. The molecule has 0 saturated carbocycles. The second-order valence-corrected chi connectivity index (χ2v) is 7.96. The number of hydrogen-bond acceptors (Lipinski definition) is 8. The standard InChI is InChI=1S/C14H13Cl2N3O4S2/c1-3-4-10(20)23-7(2)13-18-12(19(21)22)14(25-13)24-11-8(15)5-17-6-9(11)16/h5-7H,3-4H2,1-2H3. The van der Waals surface area contributed by atoms with Gasteiger partial charge < -0.3 is 14.9 Å². The molecule has 11 heteroatoms. The van der Waals surface area contributed by atoms with Crippen molar-refractivity contribution in [3.63, 3.8) is 0 Å². The molecule has 0 radical (unpaired) electrons. The molecule has 2 aromatic heterocycles. The second kappa shape index (κ2) is 8.79. The average molecular weight is 422 g/mol. The maximum atomic E-state index is 11.6.